The first kappa shape index (κ1) is 32.2. The van der Waals surface area contributed by atoms with E-state index in [1.807, 2.05) is 6.92 Å². The molecule has 0 aromatic carbocycles. The monoisotopic (exact) mass is 506 g/mol. The zero-order valence-electron chi connectivity index (χ0n) is 21.8. The minimum Gasteiger partial charge on any atom is -0.444 e. The highest BCUT2D eigenvalue weighted by Crippen LogP contribution is 2.06. The van der Waals surface area contributed by atoms with Crippen LogP contribution in [0.25, 0.3) is 0 Å². The second-order valence-corrected chi connectivity index (χ2v) is 8.83. The van der Waals surface area contributed by atoms with Crippen LogP contribution in [-0.2, 0) is 23.9 Å². The van der Waals surface area contributed by atoms with Gasteiger partial charge in [0.05, 0.1) is 19.6 Å². The van der Waals surface area contributed by atoms with Crippen LogP contribution >= 0.6 is 0 Å². The van der Waals surface area contributed by atoms with Crippen molar-refractivity contribution in [1.82, 2.24) is 25.3 Å². The normalized spacial score (nSPS) is 11.2. The van der Waals surface area contributed by atoms with Crippen LogP contribution in [0.5, 0.6) is 0 Å². The fourth-order valence-electron chi connectivity index (χ4n) is 2.83. The number of hydrogen-bond donors (Lipinski definition) is 3. The summed E-state index contributed by atoms with van der Waals surface area (Å²) in [4.78, 5) is 65.6. The van der Waals surface area contributed by atoms with E-state index in [-0.39, 0.29) is 39.3 Å². The fourth-order valence-corrected chi connectivity index (χ4v) is 2.83. The number of hydrogen-bond acceptors (Lipinski definition) is 7. The molecule has 0 radical (unpaired) electrons. The van der Waals surface area contributed by atoms with E-state index in [1.54, 1.807) is 20.8 Å². The number of nitrogens with two attached hydrogens (primary N) is 1. The van der Waals surface area contributed by atoms with E-state index in [1.165, 1.54) is 11.9 Å². The van der Waals surface area contributed by atoms with Gasteiger partial charge in [-0.15, -0.1) is 12.8 Å². The molecule has 4 N–H and O–H groups in total. The Hall–Kier alpha value is -3.77. The van der Waals surface area contributed by atoms with Crippen LogP contribution in [0.3, 0.4) is 0 Å². The maximum Gasteiger partial charge on any atom is 0.407 e. The van der Waals surface area contributed by atoms with Gasteiger partial charge in [0.2, 0.25) is 23.6 Å². The van der Waals surface area contributed by atoms with Gasteiger partial charge in [-0.3, -0.25) is 19.2 Å². The number of alkyl carbamates (subject to hydrolysis) is 1. The molecule has 0 aliphatic heterocycles. The summed E-state index contributed by atoms with van der Waals surface area (Å²) in [7, 11) is 1.43. The summed E-state index contributed by atoms with van der Waals surface area (Å²) in [5.41, 5.74) is 5.19. The average molecular weight is 507 g/mol. The summed E-state index contributed by atoms with van der Waals surface area (Å²) < 4.78 is 5.11. The second-order valence-electron chi connectivity index (χ2n) is 8.83. The molecule has 0 saturated carbocycles. The van der Waals surface area contributed by atoms with Crippen molar-refractivity contribution in [2.75, 3.05) is 52.9 Å². The lowest BCUT2D eigenvalue weighted by molar-refractivity contribution is -0.144. The SMILES string of the molecule is C#CCN(CC(=O)NC)C(=O)CN(CCC)C(=O)CN(CC#C)C(=O)C(N)CNC(=O)OC(C)(C)C. The van der Waals surface area contributed by atoms with Crippen LogP contribution in [0.4, 0.5) is 4.79 Å². The highest BCUT2D eigenvalue weighted by molar-refractivity contribution is 5.91. The molecule has 0 saturated heterocycles. The molecule has 5 amide bonds. The summed E-state index contributed by atoms with van der Waals surface area (Å²) in [6.07, 6.45) is 10.5. The Kier molecular flexibility index (Phi) is 14.3. The number of likely N-dealkylation sites (N-methyl/N-ethyl adjacent to an activating group) is 1. The minimum absolute atomic E-state index is 0.110. The number of nitrogens with one attached hydrogen (secondary N) is 2. The number of amides is 5. The van der Waals surface area contributed by atoms with E-state index in [0.717, 1.165) is 9.80 Å². The van der Waals surface area contributed by atoms with Crippen molar-refractivity contribution in [3.05, 3.63) is 0 Å². The molecule has 1 atom stereocenters. The second kappa shape index (κ2) is 16.0. The highest BCUT2D eigenvalue weighted by atomic mass is 16.6. The Labute approximate surface area is 213 Å². The molecule has 0 aromatic rings. The largest absolute Gasteiger partial charge is 0.444 e. The van der Waals surface area contributed by atoms with E-state index in [2.05, 4.69) is 22.5 Å². The maximum atomic E-state index is 13.0. The molecule has 1 unspecified atom stereocenters. The molecule has 0 bridgehead atoms. The first-order valence-corrected chi connectivity index (χ1v) is 11.4. The molecular weight excluding hydrogens is 468 g/mol. The molecule has 0 aliphatic carbocycles. The van der Waals surface area contributed by atoms with E-state index < -0.39 is 47.9 Å². The summed E-state index contributed by atoms with van der Waals surface area (Å²) in [5, 5.41) is 4.81. The first-order chi connectivity index (χ1) is 16.8. The number of nitrogens with zero attached hydrogens (tertiary/aromatic N) is 3. The lowest BCUT2D eigenvalue weighted by Crippen LogP contribution is -2.53. The lowest BCUT2D eigenvalue weighted by atomic mass is 10.2. The quantitative estimate of drug-likeness (QED) is 0.264. The first-order valence-electron chi connectivity index (χ1n) is 11.4. The van der Waals surface area contributed by atoms with Crippen molar-refractivity contribution in [3.8, 4) is 24.7 Å². The molecule has 0 fully saturated rings. The van der Waals surface area contributed by atoms with Crippen molar-refractivity contribution >= 4 is 29.7 Å². The van der Waals surface area contributed by atoms with Gasteiger partial charge in [0.15, 0.2) is 0 Å². The Morgan fingerprint density at radius 1 is 0.944 bits per heavy atom. The Morgan fingerprint density at radius 2 is 1.47 bits per heavy atom. The van der Waals surface area contributed by atoms with Crippen LogP contribution in [0.2, 0.25) is 0 Å². The minimum atomic E-state index is -1.18. The van der Waals surface area contributed by atoms with E-state index in [0.29, 0.717) is 6.42 Å². The molecular formula is C24H38N6O6. The van der Waals surface area contributed by atoms with Crippen LogP contribution in [0.15, 0.2) is 0 Å². The van der Waals surface area contributed by atoms with Crippen LogP contribution in [-0.4, -0.2) is 109 Å². The fraction of sp³-hybridized carbons (Fsp3) is 0.625. The number of ether oxygens (including phenoxy) is 1. The predicted molar refractivity (Wildman–Crippen MR) is 134 cm³/mol. The molecule has 0 heterocycles. The predicted octanol–water partition coefficient (Wildman–Crippen LogP) is -1.25. The summed E-state index contributed by atoms with van der Waals surface area (Å²) in [6, 6.07) is -1.18. The topological polar surface area (TPSA) is 154 Å². The van der Waals surface area contributed by atoms with Crippen molar-refractivity contribution in [3.63, 3.8) is 0 Å². The molecule has 0 rings (SSSR count). The van der Waals surface area contributed by atoms with E-state index in [9.17, 15) is 24.0 Å². The van der Waals surface area contributed by atoms with Crippen LogP contribution in [0, 0.1) is 24.7 Å². The third kappa shape index (κ3) is 12.6. The van der Waals surface area contributed by atoms with Crippen LogP contribution in [0.1, 0.15) is 34.1 Å². The van der Waals surface area contributed by atoms with Crippen molar-refractivity contribution < 1.29 is 28.7 Å². The standard InChI is InChI=1S/C24H38N6O6/c1-8-11-28(15-19(31)26-7)20(32)16-29(12-9-2)21(33)17-30(13-10-3)22(34)18(25)14-27-23(35)36-24(4,5)6/h1,3,18H,9,11-17,25H2,2,4-7H3,(H,26,31)(H,27,35). The molecule has 36 heavy (non-hydrogen) atoms. The van der Waals surface area contributed by atoms with Crippen molar-refractivity contribution in [2.24, 2.45) is 5.73 Å². The van der Waals surface area contributed by atoms with Gasteiger partial charge in [-0.1, -0.05) is 18.8 Å². The Balaban J connectivity index is 5.33. The van der Waals surface area contributed by atoms with Gasteiger partial charge in [0, 0.05) is 20.1 Å². The number of carbonyl (C=O) groups is 5. The highest BCUT2D eigenvalue weighted by Gasteiger charge is 2.27. The van der Waals surface area contributed by atoms with Gasteiger partial charge in [-0.2, -0.15) is 0 Å². The zero-order valence-corrected chi connectivity index (χ0v) is 21.8. The summed E-state index contributed by atoms with van der Waals surface area (Å²) >= 11 is 0. The molecule has 0 aliphatic rings. The van der Waals surface area contributed by atoms with Gasteiger partial charge in [0.1, 0.15) is 24.7 Å². The molecule has 0 aromatic heterocycles. The van der Waals surface area contributed by atoms with E-state index >= 15 is 0 Å². The third-order valence-electron chi connectivity index (χ3n) is 4.52. The number of terminal acetylenes is 2. The molecule has 0 spiro atoms. The number of rotatable bonds is 13. The smallest absolute Gasteiger partial charge is 0.407 e. The summed E-state index contributed by atoms with van der Waals surface area (Å²) in [6.45, 7) is 5.53. The third-order valence-corrected chi connectivity index (χ3v) is 4.52. The maximum absolute atomic E-state index is 13.0. The zero-order chi connectivity index (χ0) is 27.9. The van der Waals surface area contributed by atoms with Crippen molar-refractivity contribution in [2.45, 2.75) is 45.8 Å². The van der Waals surface area contributed by atoms with Crippen LogP contribution < -0.4 is 16.4 Å². The molecule has 12 heteroatoms. The van der Waals surface area contributed by atoms with Gasteiger partial charge >= 0.3 is 6.09 Å². The molecule has 12 nitrogen and oxygen atoms in total. The van der Waals surface area contributed by atoms with Gasteiger partial charge in [-0.25, -0.2) is 4.79 Å². The Morgan fingerprint density at radius 3 is 1.97 bits per heavy atom. The average Bonchev–Trinajstić information content (AvgIpc) is 2.79. The van der Waals surface area contributed by atoms with Gasteiger partial charge in [-0.05, 0) is 27.2 Å². The van der Waals surface area contributed by atoms with Crippen molar-refractivity contribution in [1.29, 1.82) is 0 Å². The van der Waals surface area contributed by atoms with E-state index in [4.69, 9.17) is 23.3 Å². The van der Waals surface area contributed by atoms with Gasteiger partial charge in [0.25, 0.3) is 0 Å². The molecule has 200 valence electrons. The lowest BCUT2D eigenvalue weighted by Gasteiger charge is -2.29. The number of carbonyl (C=O) groups excluding carboxylic acids is 5. The summed E-state index contributed by atoms with van der Waals surface area (Å²) in [5.74, 6) is 2.49. The Bertz CT molecular complexity index is 870. The van der Waals surface area contributed by atoms with Gasteiger partial charge < -0.3 is 35.8 Å².